The van der Waals surface area contributed by atoms with E-state index >= 15 is 0 Å². The molecule has 11 heteroatoms. The molecule has 0 saturated carbocycles. The SMILES string of the molecule is CC.O=C(O)C1=CC=CNC1NC(c1cc(Cl)cn2c(=O)cc(-c3ccccc3)nc12)C(F)(F)P. The van der Waals surface area contributed by atoms with Gasteiger partial charge in [0.05, 0.1) is 16.3 Å². The number of carboxylic acids is 1. The van der Waals surface area contributed by atoms with Gasteiger partial charge in [0.2, 0.25) is 0 Å². The van der Waals surface area contributed by atoms with E-state index in [9.17, 15) is 23.5 Å². The van der Waals surface area contributed by atoms with Crippen LogP contribution in [0.2, 0.25) is 5.02 Å². The van der Waals surface area contributed by atoms with Gasteiger partial charge < -0.3 is 10.4 Å². The van der Waals surface area contributed by atoms with Gasteiger partial charge in [-0.3, -0.25) is 14.5 Å². The summed E-state index contributed by atoms with van der Waals surface area (Å²) in [4.78, 5) is 28.9. The largest absolute Gasteiger partial charge is 0.478 e. The van der Waals surface area contributed by atoms with E-state index in [1.54, 1.807) is 30.3 Å². The van der Waals surface area contributed by atoms with Gasteiger partial charge in [-0.2, -0.15) is 0 Å². The van der Waals surface area contributed by atoms with Crippen molar-refractivity contribution >= 4 is 32.5 Å². The lowest BCUT2D eigenvalue weighted by Crippen LogP contribution is -2.49. The van der Waals surface area contributed by atoms with Crippen molar-refractivity contribution in [2.45, 2.75) is 31.7 Å². The number of pyridine rings is 1. The average molecular weight is 521 g/mol. The van der Waals surface area contributed by atoms with E-state index in [4.69, 9.17) is 11.6 Å². The monoisotopic (exact) mass is 520 g/mol. The van der Waals surface area contributed by atoms with Gasteiger partial charge in [0.25, 0.3) is 11.2 Å². The molecule has 0 saturated heterocycles. The van der Waals surface area contributed by atoms with E-state index in [1.165, 1.54) is 45.9 Å². The molecule has 3 unspecified atom stereocenters. The number of benzene rings is 1. The molecule has 0 fully saturated rings. The Morgan fingerprint density at radius 2 is 1.97 bits per heavy atom. The first kappa shape index (κ1) is 26.5. The lowest BCUT2D eigenvalue weighted by molar-refractivity contribution is -0.133. The highest BCUT2D eigenvalue weighted by Gasteiger charge is 2.40. The van der Waals surface area contributed by atoms with Crippen molar-refractivity contribution in [2.24, 2.45) is 0 Å². The van der Waals surface area contributed by atoms with Crippen molar-refractivity contribution in [1.82, 2.24) is 20.0 Å². The zero-order valence-corrected chi connectivity index (χ0v) is 20.8. The smallest absolute Gasteiger partial charge is 0.335 e. The summed E-state index contributed by atoms with van der Waals surface area (Å²) in [5.41, 5.74) is -3.28. The van der Waals surface area contributed by atoms with Crippen LogP contribution in [-0.4, -0.2) is 32.3 Å². The van der Waals surface area contributed by atoms with Crippen LogP contribution in [-0.2, 0) is 4.79 Å². The topological polar surface area (TPSA) is 95.7 Å². The average Bonchev–Trinajstić information content (AvgIpc) is 2.84. The second-order valence-electron chi connectivity index (χ2n) is 7.31. The Morgan fingerprint density at radius 3 is 2.60 bits per heavy atom. The number of allylic oxidation sites excluding steroid dienone is 2. The number of fused-ring (bicyclic) bond motifs is 1. The zero-order chi connectivity index (χ0) is 25.8. The Morgan fingerprint density at radius 1 is 1.29 bits per heavy atom. The first-order valence-electron chi connectivity index (χ1n) is 10.7. The fraction of sp³-hybridized carbons (Fsp3) is 0.208. The molecule has 3 atom stereocenters. The highest BCUT2D eigenvalue weighted by Crippen LogP contribution is 2.40. The highest BCUT2D eigenvalue weighted by atomic mass is 35.5. The molecule has 4 rings (SSSR count). The molecule has 1 aromatic carbocycles. The molecule has 0 radical (unpaired) electrons. The van der Waals surface area contributed by atoms with Gasteiger partial charge in [0, 0.05) is 23.4 Å². The van der Waals surface area contributed by atoms with Gasteiger partial charge in [-0.15, -0.1) is 0 Å². The molecule has 184 valence electrons. The number of nitrogens with one attached hydrogen (secondary N) is 2. The maximum Gasteiger partial charge on any atom is 0.335 e. The van der Waals surface area contributed by atoms with E-state index in [0.717, 1.165) is 4.40 Å². The molecule has 1 aliphatic rings. The number of nitrogens with zero attached hydrogens (tertiary/aromatic N) is 2. The summed E-state index contributed by atoms with van der Waals surface area (Å²) in [5.74, 6) is -1.27. The number of carboxylic acid groups (broad SMARTS) is 1. The van der Waals surface area contributed by atoms with Crippen LogP contribution < -0.4 is 16.2 Å². The second kappa shape index (κ2) is 11.1. The third-order valence-corrected chi connectivity index (χ3v) is 5.59. The van der Waals surface area contributed by atoms with Gasteiger partial charge in [0.15, 0.2) is 0 Å². The number of hydrogen-bond acceptors (Lipinski definition) is 5. The number of rotatable bonds is 6. The molecule has 0 aliphatic carbocycles. The van der Waals surface area contributed by atoms with Crippen LogP contribution >= 0.6 is 20.8 Å². The molecule has 35 heavy (non-hydrogen) atoms. The number of alkyl halides is 2. The Kier molecular flexibility index (Phi) is 8.38. The molecule has 3 N–H and O–H groups in total. The van der Waals surface area contributed by atoms with Crippen LogP contribution in [0.5, 0.6) is 0 Å². The number of carbonyl (C=O) groups is 1. The van der Waals surface area contributed by atoms with Gasteiger partial charge in [-0.05, 0) is 24.4 Å². The second-order valence-corrected chi connectivity index (χ2v) is 8.52. The summed E-state index contributed by atoms with van der Waals surface area (Å²) in [5, 5.41) is 14.9. The Balaban J connectivity index is 0.00000167. The van der Waals surface area contributed by atoms with Crippen LogP contribution in [0.25, 0.3) is 16.9 Å². The lowest BCUT2D eigenvalue weighted by atomic mass is 10.0. The van der Waals surface area contributed by atoms with Gasteiger partial charge >= 0.3 is 5.97 Å². The number of hydrogen-bond donors (Lipinski definition) is 3. The summed E-state index contributed by atoms with van der Waals surface area (Å²) < 4.78 is 30.8. The zero-order valence-electron chi connectivity index (χ0n) is 18.9. The first-order chi connectivity index (χ1) is 16.6. The highest BCUT2D eigenvalue weighted by molar-refractivity contribution is 7.18. The molecule has 0 amide bonds. The van der Waals surface area contributed by atoms with Crippen molar-refractivity contribution in [3.05, 3.63) is 93.5 Å². The summed E-state index contributed by atoms with van der Waals surface area (Å²) in [7, 11) is 1.45. The van der Waals surface area contributed by atoms with Crippen molar-refractivity contribution < 1.29 is 18.7 Å². The number of halogens is 3. The predicted molar refractivity (Wildman–Crippen MR) is 136 cm³/mol. The third kappa shape index (κ3) is 5.93. The van der Waals surface area contributed by atoms with Gasteiger partial charge in [0.1, 0.15) is 17.9 Å². The molecule has 3 aromatic rings. The van der Waals surface area contributed by atoms with Gasteiger partial charge in [-0.25, -0.2) is 18.6 Å². The van der Waals surface area contributed by atoms with Crippen LogP contribution in [0.3, 0.4) is 0 Å². The third-order valence-electron chi connectivity index (χ3n) is 5.05. The molecule has 1 aliphatic heterocycles. The van der Waals surface area contributed by atoms with E-state index in [2.05, 4.69) is 15.6 Å². The molecule has 0 spiro atoms. The number of aliphatic carboxylic acids is 1. The van der Waals surface area contributed by atoms with E-state index in [1.807, 2.05) is 13.8 Å². The van der Waals surface area contributed by atoms with E-state index in [-0.39, 0.29) is 21.8 Å². The van der Waals surface area contributed by atoms with E-state index < -0.39 is 29.4 Å². The van der Waals surface area contributed by atoms with Crippen LogP contribution in [0, 0.1) is 0 Å². The maximum absolute atomic E-state index is 14.9. The van der Waals surface area contributed by atoms with Crippen molar-refractivity contribution in [2.75, 3.05) is 0 Å². The molecule has 0 bridgehead atoms. The fourth-order valence-electron chi connectivity index (χ4n) is 3.56. The summed E-state index contributed by atoms with van der Waals surface area (Å²) in [6, 6.07) is 9.65. The Hall–Kier alpha value is -3.13. The molecule has 7 nitrogen and oxygen atoms in total. The van der Waals surface area contributed by atoms with Crippen LogP contribution in [0.4, 0.5) is 8.78 Å². The number of dihydropyridines is 1. The quantitative estimate of drug-likeness (QED) is 0.411. The van der Waals surface area contributed by atoms with Crippen LogP contribution in [0.1, 0.15) is 25.5 Å². The Labute approximate surface area is 207 Å². The first-order valence-corrected chi connectivity index (χ1v) is 11.7. The molecular weight excluding hydrogens is 497 g/mol. The summed E-state index contributed by atoms with van der Waals surface area (Å²) >= 11 is 6.17. The van der Waals surface area contributed by atoms with Crippen molar-refractivity contribution in [3.63, 3.8) is 0 Å². The standard InChI is InChI=1S/C22H18ClF2N4O3P.C2H6/c23-13-9-15(18(22(24,25)33)28-19-14(21(31)32)7-4-8-26-19)20-27-16(10-17(30)29(20)11-13)12-5-2-1-3-6-12;1-2/h1-11,18-19,26,28H,33H2,(H,31,32);1-2H3. The Bertz CT molecular complexity index is 1340. The van der Waals surface area contributed by atoms with Crippen LogP contribution in [0.15, 0.2) is 77.4 Å². The number of aromatic nitrogens is 2. The maximum atomic E-state index is 14.9. The van der Waals surface area contributed by atoms with Crippen molar-refractivity contribution in [1.29, 1.82) is 0 Å². The summed E-state index contributed by atoms with van der Waals surface area (Å²) in [6.07, 6.45) is 4.37. The molecule has 2 aromatic heterocycles. The summed E-state index contributed by atoms with van der Waals surface area (Å²) in [6.45, 7) is 4.00. The normalized spacial score (nSPS) is 16.1. The lowest BCUT2D eigenvalue weighted by Gasteiger charge is -2.31. The predicted octanol–water partition coefficient (Wildman–Crippen LogP) is 4.59. The molecular formula is C24H24ClF2N4O3P. The van der Waals surface area contributed by atoms with E-state index in [0.29, 0.717) is 11.3 Å². The fourth-order valence-corrected chi connectivity index (χ4v) is 4.05. The minimum Gasteiger partial charge on any atom is -0.478 e. The minimum atomic E-state index is -3.46. The van der Waals surface area contributed by atoms with Crippen molar-refractivity contribution in [3.8, 4) is 11.3 Å². The molecule has 3 heterocycles. The van der Waals surface area contributed by atoms with Gasteiger partial charge in [-0.1, -0.05) is 65.0 Å². The minimum absolute atomic E-state index is 0.0300.